The van der Waals surface area contributed by atoms with Crippen LogP contribution in [-0.4, -0.2) is 25.9 Å². The van der Waals surface area contributed by atoms with Crippen LogP contribution in [0.4, 0.5) is 4.39 Å². The van der Waals surface area contributed by atoms with Gasteiger partial charge >= 0.3 is 0 Å². The molecule has 4 heteroatoms. The smallest absolute Gasteiger partial charge is 0.123 e. The van der Waals surface area contributed by atoms with Gasteiger partial charge in [-0.05, 0) is 30.5 Å². The van der Waals surface area contributed by atoms with E-state index in [0.717, 1.165) is 31.4 Å². The second-order valence-corrected chi connectivity index (χ2v) is 4.88. The van der Waals surface area contributed by atoms with Crippen molar-refractivity contribution in [1.29, 1.82) is 0 Å². The molecule has 0 aromatic heterocycles. The maximum Gasteiger partial charge on any atom is 0.123 e. The summed E-state index contributed by atoms with van der Waals surface area (Å²) in [5.41, 5.74) is 6.86. The number of hydrogen-bond acceptors (Lipinski definition) is 3. The molecule has 0 aliphatic heterocycles. The number of hydrogen-bond donors (Lipinski definition) is 1. The zero-order chi connectivity index (χ0) is 14.8. The standard InChI is InChI=1S/C16H26FNO2/c1-3-5-9-19-10-11-20-16(15(18)4-2)13-7-6-8-14(17)12-13/h6-8,12,15-16H,3-5,9-11,18H2,1-2H3. The van der Waals surface area contributed by atoms with Gasteiger partial charge in [-0.3, -0.25) is 0 Å². The largest absolute Gasteiger partial charge is 0.379 e. The molecule has 20 heavy (non-hydrogen) atoms. The molecule has 2 unspecified atom stereocenters. The zero-order valence-corrected chi connectivity index (χ0v) is 12.5. The van der Waals surface area contributed by atoms with Crippen molar-refractivity contribution in [3.63, 3.8) is 0 Å². The molecule has 0 heterocycles. The van der Waals surface area contributed by atoms with E-state index in [2.05, 4.69) is 6.92 Å². The Bertz CT molecular complexity index is 373. The van der Waals surface area contributed by atoms with E-state index in [1.807, 2.05) is 13.0 Å². The Kier molecular flexibility index (Phi) is 8.42. The average Bonchev–Trinajstić information content (AvgIpc) is 2.46. The summed E-state index contributed by atoms with van der Waals surface area (Å²) in [5, 5.41) is 0. The number of rotatable bonds is 10. The molecule has 0 amide bonds. The summed E-state index contributed by atoms with van der Waals surface area (Å²) >= 11 is 0. The van der Waals surface area contributed by atoms with Crippen LogP contribution >= 0.6 is 0 Å². The normalized spacial score (nSPS) is 14.2. The van der Waals surface area contributed by atoms with Crippen molar-refractivity contribution in [2.24, 2.45) is 5.73 Å². The molecule has 0 saturated carbocycles. The maximum atomic E-state index is 13.3. The first-order chi connectivity index (χ1) is 9.69. The molecule has 2 N–H and O–H groups in total. The predicted molar refractivity (Wildman–Crippen MR) is 79.1 cm³/mol. The van der Waals surface area contributed by atoms with Crippen LogP contribution in [0.5, 0.6) is 0 Å². The van der Waals surface area contributed by atoms with Crippen molar-refractivity contribution in [1.82, 2.24) is 0 Å². The Morgan fingerprint density at radius 3 is 2.65 bits per heavy atom. The molecule has 3 nitrogen and oxygen atoms in total. The monoisotopic (exact) mass is 283 g/mol. The first kappa shape index (κ1) is 17.1. The van der Waals surface area contributed by atoms with Crippen LogP contribution in [0.3, 0.4) is 0 Å². The molecule has 1 aromatic rings. The van der Waals surface area contributed by atoms with Crippen molar-refractivity contribution < 1.29 is 13.9 Å². The van der Waals surface area contributed by atoms with Gasteiger partial charge in [0, 0.05) is 12.6 Å². The highest BCUT2D eigenvalue weighted by atomic mass is 19.1. The lowest BCUT2D eigenvalue weighted by Gasteiger charge is -2.24. The van der Waals surface area contributed by atoms with Crippen LogP contribution in [0, 0.1) is 5.82 Å². The minimum Gasteiger partial charge on any atom is -0.379 e. The predicted octanol–water partition coefficient (Wildman–Crippen LogP) is 3.44. The number of nitrogens with two attached hydrogens (primary N) is 1. The topological polar surface area (TPSA) is 44.5 Å². The lowest BCUT2D eigenvalue weighted by atomic mass is 10.0. The van der Waals surface area contributed by atoms with Crippen molar-refractivity contribution in [2.75, 3.05) is 19.8 Å². The molecule has 1 aromatic carbocycles. The fraction of sp³-hybridized carbons (Fsp3) is 0.625. The van der Waals surface area contributed by atoms with Crippen molar-refractivity contribution in [3.05, 3.63) is 35.6 Å². The lowest BCUT2D eigenvalue weighted by molar-refractivity contribution is -0.00831. The third-order valence-corrected chi connectivity index (χ3v) is 3.20. The summed E-state index contributed by atoms with van der Waals surface area (Å²) < 4.78 is 24.6. The van der Waals surface area contributed by atoms with Gasteiger partial charge in [0.2, 0.25) is 0 Å². The average molecular weight is 283 g/mol. The van der Waals surface area contributed by atoms with Gasteiger partial charge in [0.25, 0.3) is 0 Å². The van der Waals surface area contributed by atoms with Crippen molar-refractivity contribution in [2.45, 2.75) is 45.3 Å². The van der Waals surface area contributed by atoms with E-state index in [4.69, 9.17) is 15.2 Å². The summed E-state index contributed by atoms with van der Waals surface area (Å²) in [6, 6.07) is 6.29. The summed E-state index contributed by atoms with van der Waals surface area (Å²) in [6.07, 6.45) is 2.66. The number of benzene rings is 1. The van der Waals surface area contributed by atoms with E-state index < -0.39 is 0 Å². The van der Waals surface area contributed by atoms with Crippen LogP contribution in [0.15, 0.2) is 24.3 Å². The molecule has 2 atom stereocenters. The Morgan fingerprint density at radius 2 is 2.00 bits per heavy atom. The summed E-state index contributed by atoms with van der Waals surface area (Å²) in [4.78, 5) is 0. The van der Waals surface area contributed by atoms with Crippen molar-refractivity contribution in [3.8, 4) is 0 Å². The zero-order valence-electron chi connectivity index (χ0n) is 12.5. The van der Waals surface area contributed by atoms with E-state index in [-0.39, 0.29) is 18.0 Å². The van der Waals surface area contributed by atoms with Crippen LogP contribution in [0.25, 0.3) is 0 Å². The van der Waals surface area contributed by atoms with Crippen LogP contribution in [0.2, 0.25) is 0 Å². The molecule has 0 radical (unpaired) electrons. The highest BCUT2D eigenvalue weighted by Crippen LogP contribution is 2.22. The fourth-order valence-corrected chi connectivity index (χ4v) is 1.95. The molecule has 1 rings (SSSR count). The van der Waals surface area contributed by atoms with Gasteiger partial charge in [-0.25, -0.2) is 4.39 Å². The third kappa shape index (κ3) is 5.99. The van der Waals surface area contributed by atoms with Crippen LogP contribution in [0.1, 0.15) is 44.8 Å². The van der Waals surface area contributed by atoms with E-state index in [1.165, 1.54) is 12.1 Å². The Balaban J connectivity index is 2.49. The van der Waals surface area contributed by atoms with Crippen molar-refractivity contribution >= 4 is 0 Å². The third-order valence-electron chi connectivity index (χ3n) is 3.20. The van der Waals surface area contributed by atoms with Gasteiger partial charge in [0.15, 0.2) is 0 Å². The minimum absolute atomic E-state index is 0.146. The van der Waals surface area contributed by atoms with E-state index >= 15 is 0 Å². The number of halogens is 1. The van der Waals surface area contributed by atoms with Gasteiger partial charge < -0.3 is 15.2 Å². The highest BCUT2D eigenvalue weighted by molar-refractivity contribution is 5.20. The maximum absolute atomic E-state index is 13.3. The molecule has 0 aliphatic carbocycles. The molecular formula is C16H26FNO2. The molecule has 0 saturated heterocycles. The SMILES string of the molecule is CCCCOCCOC(c1cccc(F)c1)C(N)CC. The molecule has 114 valence electrons. The van der Waals surface area contributed by atoms with E-state index in [0.29, 0.717) is 13.2 Å². The lowest BCUT2D eigenvalue weighted by Crippen LogP contribution is -2.30. The minimum atomic E-state index is -0.287. The van der Waals surface area contributed by atoms with Gasteiger partial charge in [-0.2, -0.15) is 0 Å². The summed E-state index contributed by atoms with van der Waals surface area (Å²) in [5.74, 6) is -0.265. The van der Waals surface area contributed by atoms with Gasteiger partial charge in [0.05, 0.1) is 19.3 Å². The van der Waals surface area contributed by atoms with E-state index in [1.54, 1.807) is 6.07 Å². The first-order valence-electron chi connectivity index (χ1n) is 7.39. The van der Waals surface area contributed by atoms with Crippen LogP contribution < -0.4 is 5.73 Å². The first-order valence-corrected chi connectivity index (χ1v) is 7.39. The number of unbranched alkanes of at least 4 members (excludes halogenated alkanes) is 1. The van der Waals surface area contributed by atoms with E-state index in [9.17, 15) is 4.39 Å². The number of ether oxygens (including phenoxy) is 2. The Morgan fingerprint density at radius 1 is 1.20 bits per heavy atom. The second-order valence-electron chi connectivity index (χ2n) is 4.88. The summed E-state index contributed by atoms with van der Waals surface area (Å²) in [7, 11) is 0. The molecule has 0 fully saturated rings. The second kappa shape index (κ2) is 9.86. The summed E-state index contributed by atoms with van der Waals surface area (Å²) in [6.45, 7) is 5.89. The van der Waals surface area contributed by atoms with Gasteiger partial charge in [-0.1, -0.05) is 32.4 Å². The molecule has 0 spiro atoms. The molecule has 0 aliphatic rings. The molecule has 0 bridgehead atoms. The van der Waals surface area contributed by atoms with Gasteiger partial charge in [-0.15, -0.1) is 0 Å². The van der Waals surface area contributed by atoms with Crippen LogP contribution in [-0.2, 0) is 9.47 Å². The highest BCUT2D eigenvalue weighted by Gasteiger charge is 2.19. The molecular weight excluding hydrogens is 257 g/mol. The van der Waals surface area contributed by atoms with Gasteiger partial charge in [0.1, 0.15) is 5.82 Å². The fourth-order valence-electron chi connectivity index (χ4n) is 1.95. The Labute approximate surface area is 121 Å². The quantitative estimate of drug-likeness (QED) is 0.669. The Hall–Kier alpha value is -0.970.